The smallest absolute Gasteiger partial charge is 0.191 e. The zero-order chi connectivity index (χ0) is 14.9. The number of hydrogen-bond acceptors (Lipinski definition) is 3. The highest BCUT2D eigenvalue weighted by Crippen LogP contribution is 2.11. The van der Waals surface area contributed by atoms with Gasteiger partial charge in [-0.25, -0.2) is 4.98 Å². The lowest BCUT2D eigenvalue weighted by Crippen LogP contribution is -2.39. The Labute approximate surface area is 153 Å². The third-order valence-corrected chi connectivity index (χ3v) is 3.83. The number of aryl methyl sites for hydroxylation is 1. The number of hydrogen-bond donors (Lipinski definition) is 2. The van der Waals surface area contributed by atoms with Gasteiger partial charge >= 0.3 is 0 Å². The average Bonchev–Trinajstić information content (AvgIpc) is 2.93. The summed E-state index contributed by atoms with van der Waals surface area (Å²) >= 11 is 1.83. The standard InChI is InChI=1S/C15H23N5S.HI/c1-16-15(18-9-11-21-2)17-8-5-10-20-12-19-13-6-3-4-7-14(13)20;/h3-4,6-7,12H,5,8-11H2,1-2H3,(H2,16,17,18);1H. The van der Waals surface area contributed by atoms with E-state index in [1.165, 1.54) is 5.52 Å². The molecule has 1 heterocycles. The highest BCUT2D eigenvalue weighted by atomic mass is 127. The van der Waals surface area contributed by atoms with E-state index >= 15 is 0 Å². The first-order valence-corrected chi connectivity index (χ1v) is 8.58. The van der Waals surface area contributed by atoms with Crippen molar-refractivity contribution < 1.29 is 0 Å². The quantitative estimate of drug-likeness (QED) is 0.305. The number of rotatable bonds is 7. The van der Waals surface area contributed by atoms with Crippen LogP contribution in [0.3, 0.4) is 0 Å². The minimum absolute atomic E-state index is 0. The van der Waals surface area contributed by atoms with Crippen LogP contribution in [0.4, 0.5) is 0 Å². The van der Waals surface area contributed by atoms with Gasteiger partial charge in [0.15, 0.2) is 5.96 Å². The van der Waals surface area contributed by atoms with Crippen LogP contribution in [0, 0.1) is 0 Å². The Hall–Kier alpha value is -0.960. The summed E-state index contributed by atoms with van der Waals surface area (Å²) in [5.41, 5.74) is 2.25. The lowest BCUT2D eigenvalue weighted by molar-refractivity contribution is 0.638. The molecule has 2 aromatic rings. The Balaban J connectivity index is 0.00000242. The van der Waals surface area contributed by atoms with Crippen LogP contribution < -0.4 is 10.6 Å². The van der Waals surface area contributed by atoms with Crippen LogP contribution in [0.1, 0.15) is 6.42 Å². The van der Waals surface area contributed by atoms with E-state index in [9.17, 15) is 0 Å². The maximum atomic E-state index is 4.40. The summed E-state index contributed by atoms with van der Waals surface area (Å²) in [7, 11) is 1.80. The van der Waals surface area contributed by atoms with Crippen LogP contribution in [0.15, 0.2) is 35.6 Å². The number of benzene rings is 1. The molecule has 0 fully saturated rings. The molecule has 1 aromatic carbocycles. The lowest BCUT2D eigenvalue weighted by atomic mass is 10.3. The molecule has 0 aliphatic heterocycles. The summed E-state index contributed by atoms with van der Waals surface area (Å²) in [4.78, 5) is 8.61. The first kappa shape index (κ1) is 19.1. The van der Waals surface area contributed by atoms with Gasteiger partial charge in [-0.2, -0.15) is 11.8 Å². The van der Waals surface area contributed by atoms with E-state index < -0.39 is 0 Å². The van der Waals surface area contributed by atoms with E-state index in [1.807, 2.05) is 30.2 Å². The van der Waals surface area contributed by atoms with Crippen molar-refractivity contribution in [2.75, 3.05) is 32.1 Å². The molecular weight excluding hydrogens is 409 g/mol. The van der Waals surface area contributed by atoms with Gasteiger partial charge in [-0.1, -0.05) is 12.1 Å². The minimum Gasteiger partial charge on any atom is -0.356 e. The molecule has 122 valence electrons. The number of aliphatic imine (C=N–C) groups is 1. The van der Waals surface area contributed by atoms with E-state index in [4.69, 9.17) is 0 Å². The second kappa shape index (κ2) is 10.7. The number of aromatic nitrogens is 2. The first-order chi connectivity index (χ1) is 10.3. The van der Waals surface area contributed by atoms with Crippen molar-refractivity contribution in [1.29, 1.82) is 0 Å². The number of fused-ring (bicyclic) bond motifs is 1. The van der Waals surface area contributed by atoms with E-state index in [2.05, 4.69) is 43.6 Å². The monoisotopic (exact) mass is 433 g/mol. The third kappa shape index (κ3) is 5.68. The number of thioether (sulfide) groups is 1. The van der Waals surface area contributed by atoms with Crippen molar-refractivity contribution in [3.05, 3.63) is 30.6 Å². The van der Waals surface area contributed by atoms with Crippen molar-refractivity contribution in [2.24, 2.45) is 4.99 Å². The fourth-order valence-electron chi connectivity index (χ4n) is 2.14. The summed E-state index contributed by atoms with van der Waals surface area (Å²) in [5, 5.41) is 6.63. The predicted octanol–water partition coefficient (Wildman–Crippen LogP) is 2.57. The fourth-order valence-corrected chi connectivity index (χ4v) is 2.44. The molecule has 2 N–H and O–H groups in total. The van der Waals surface area contributed by atoms with Gasteiger partial charge in [-0.3, -0.25) is 4.99 Å². The first-order valence-electron chi connectivity index (χ1n) is 7.18. The van der Waals surface area contributed by atoms with Crippen molar-refractivity contribution in [2.45, 2.75) is 13.0 Å². The molecule has 0 radical (unpaired) electrons. The van der Waals surface area contributed by atoms with Crippen molar-refractivity contribution >= 4 is 52.7 Å². The number of para-hydroxylation sites is 2. The SMILES string of the molecule is CN=C(NCCCn1cnc2ccccc21)NCCSC.I. The van der Waals surface area contributed by atoms with Crippen LogP contribution in [0.2, 0.25) is 0 Å². The molecular formula is C15H24IN5S. The van der Waals surface area contributed by atoms with E-state index in [-0.39, 0.29) is 24.0 Å². The summed E-state index contributed by atoms with van der Waals surface area (Å²) in [6.07, 6.45) is 5.05. The molecule has 2 rings (SSSR count). The molecule has 0 aliphatic carbocycles. The molecule has 7 heteroatoms. The molecule has 0 saturated heterocycles. The Kier molecular flexibility index (Phi) is 9.30. The van der Waals surface area contributed by atoms with Crippen molar-refractivity contribution in [1.82, 2.24) is 20.2 Å². The molecule has 0 amide bonds. The minimum atomic E-state index is 0. The Morgan fingerprint density at radius 3 is 2.82 bits per heavy atom. The summed E-state index contributed by atoms with van der Waals surface area (Å²) in [6, 6.07) is 8.22. The normalized spacial score (nSPS) is 11.3. The van der Waals surface area contributed by atoms with Crippen LogP contribution >= 0.6 is 35.7 Å². The molecule has 5 nitrogen and oxygen atoms in total. The van der Waals surface area contributed by atoms with Gasteiger partial charge < -0.3 is 15.2 Å². The maximum absolute atomic E-state index is 4.40. The van der Waals surface area contributed by atoms with E-state index in [1.54, 1.807) is 7.05 Å². The Morgan fingerprint density at radius 1 is 1.27 bits per heavy atom. The highest BCUT2D eigenvalue weighted by Gasteiger charge is 2.01. The Bertz CT molecular complexity index is 584. The zero-order valence-electron chi connectivity index (χ0n) is 13.1. The maximum Gasteiger partial charge on any atom is 0.191 e. The van der Waals surface area contributed by atoms with Crippen LogP contribution in [0.5, 0.6) is 0 Å². The largest absolute Gasteiger partial charge is 0.356 e. The van der Waals surface area contributed by atoms with Crippen LogP contribution in [-0.4, -0.2) is 47.7 Å². The Morgan fingerprint density at radius 2 is 2.05 bits per heavy atom. The summed E-state index contributed by atoms with van der Waals surface area (Å²) in [6.45, 7) is 2.79. The number of nitrogens with one attached hydrogen (secondary N) is 2. The molecule has 0 atom stereocenters. The average molecular weight is 433 g/mol. The third-order valence-electron chi connectivity index (χ3n) is 3.22. The molecule has 22 heavy (non-hydrogen) atoms. The van der Waals surface area contributed by atoms with Crippen LogP contribution in [-0.2, 0) is 6.54 Å². The van der Waals surface area contributed by atoms with E-state index in [0.717, 1.165) is 43.3 Å². The fraction of sp³-hybridized carbons (Fsp3) is 0.467. The van der Waals surface area contributed by atoms with Gasteiger partial charge in [0.25, 0.3) is 0 Å². The second-order valence-electron chi connectivity index (χ2n) is 4.70. The van der Waals surface area contributed by atoms with E-state index in [0.29, 0.717) is 0 Å². The van der Waals surface area contributed by atoms with Crippen LogP contribution in [0.25, 0.3) is 11.0 Å². The number of nitrogens with zero attached hydrogens (tertiary/aromatic N) is 3. The molecule has 1 aromatic heterocycles. The molecule has 0 bridgehead atoms. The second-order valence-corrected chi connectivity index (χ2v) is 5.68. The van der Waals surface area contributed by atoms with Gasteiger partial charge in [0, 0.05) is 32.4 Å². The summed E-state index contributed by atoms with van der Waals surface area (Å²) < 4.78 is 2.20. The highest BCUT2D eigenvalue weighted by molar-refractivity contribution is 14.0. The van der Waals surface area contributed by atoms with Gasteiger partial charge in [-0.05, 0) is 24.8 Å². The number of guanidine groups is 1. The zero-order valence-corrected chi connectivity index (χ0v) is 16.2. The van der Waals surface area contributed by atoms with Gasteiger partial charge in [0.1, 0.15) is 0 Å². The lowest BCUT2D eigenvalue weighted by Gasteiger charge is -2.11. The number of imidazole rings is 1. The molecule has 0 aliphatic rings. The number of halogens is 1. The molecule has 0 saturated carbocycles. The van der Waals surface area contributed by atoms with Gasteiger partial charge in [0.2, 0.25) is 0 Å². The summed E-state index contributed by atoms with van der Waals surface area (Å²) in [5.74, 6) is 1.96. The predicted molar refractivity (Wildman–Crippen MR) is 108 cm³/mol. The van der Waals surface area contributed by atoms with Crippen molar-refractivity contribution in [3.63, 3.8) is 0 Å². The topological polar surface area (TPSA) is 54.2 Å². The van der Waals surface area contributed by atoms with Crippen molar-refractivity contribution in [3.8, 4) is 0 Å². The molecule has 0 spiro atoms. The molecule has 0 unspecified atom stereocenters. The van der Waals surface area contributed by atoms with Gasteiger partial charge in [0.05, 0.1) is 17.4 Å². The van der Waals surface area contributed by atoms with Gasteiger partial charge in [-0.15, -0.1) is 24.0 Å².